The molecule has 10 nitrogen and oxygen atoms in total. The van der Waals surface area contributed by atoms with Gasteiger partial charge in [-0.2, -0.15) is 13.7 Å². The fourth-order valence-corrected chi connectivity index (χ4v) is 8.60. The molecule has 1 saturated heterocycles. The number of amides is 1. The summed E-state index contributed by atoms with van der Waals surface area (Å²) < 4.78 is 59.1. The van der Waals surface area contributed by atoms with Crippen LogP contribution < -0.4 is 5.43 Å². The lowest BCUT2D eigenvalue weighted by atomic mass is 10.2. The zero-order chi connectivity index (χ0) is 30.8. The number of aryl methyl sites for hydroxylation is 1. The number of nitrogens with one attached hydrogen (secondary N) is 1. The van der Waals surface area contributed by atoms with E-state index in [0.29, 0.717) is 0 Å². The predicted molar refractivity (Wildman–Crippen MR) is 168 cm³/mol. The van der Waals surface area contributed by atoms with E-state index in [1.807, 2.05) is 44.2 Å². The van der Waals surface area contributed by atoms with Crippen LogP contribution in [-0.4, -0.2) is 67.8 Å². The van der Waals surface area contributed by atoms with Gasteiger partial charge in [0.25, 0.3) is 5.91 Å². The standard InChI is InChI=1S/C30H30BrN5O5S2/c1-22-19-24(23(2)36(22)28-16-10-9-15-27(28)31)20-32-33-30(37)29-21-34(42(38,39)25-11-5-3-6-12-25)17-18-35(29)43(40,41)26-13-7-4-8-14-26/h3-16,19-20,29H,17-18,21H2,1-2H3,(H,33,37)/b32-20-/t29-/m0/s1. The summed E-state index contributed by atoms with van der Waals surface area (Å²) >= 11 is 3.59. The smallest absolute Gasteiger partial charge is 0.259 e. The van der Waals surface area contributed by atoms with Crippen LogP contribution in [0, 0.1) is 13.8 Å². The highest BCUT2D eigenvalue weighted by Crippen LogP contribution is 2.27. The molecule has 13 heteroatoms. The average Bonchev–Trinajstić information content (AvgIpc) is 3.29. The van der Waals surface area contributed by atoms with Crippen LogP contribution in [0.2, 0.25) is 0 Å². The summed E-state index contributed by atoms with van der Waals surface area (Å²) in [5, 5.41) is 4.14. The van der Waals surface area contributed by atoms with Gasteiger partial charge in [-0.05, 0) is 72.2 Å². The van der Waals surface area contributed by atoms with E-state index in [9.17, 15) is 21.6 Å². The van der Waals surface area contributed by atoms with Gasteiger partial charge in [-0.3, -0.25) is 4.79 Å². The Morgan fingerprint density at radius 2 is 1.44 bits per heavy atom. The molecule has 1 fully saturated rings. The van der Waals surface area contributed by atoms with E-state index in [-0.39, 0.29) is 29.4 Å². The molecule has 1 amide bonds. The van der Waals surface area contributed by atoms with Crippen LogP contribution in [0.25, 0.3) is 5.69 Å². The molecule has 0 unspecified atom stereocenters. The summed E-state index contributed by atoms with van der Waals surface area (Å²) in [6.45, 7) is 3.19. The van der Waals surface area contributed by atoms with E-state index in [0.717, 1.165) is 35.7 Å². The summed E-state index contributed by atoms with van der Waals surface area (Å²) in [5.41, 5.74) is 5.99. The monoisotopic (exact) mass is 683 g/mol. The van der Waals surface area contributed by atoms with Crippen molar-refractivity contribution in [3.63, 3.8) is 0 Å². The molecule has 5 rings (SSSR count). The van der Waals surface area contributed by atoms with Gasteiger partial charge in [0.1, 0.15) is 6.04 Å². The summed E-state index contributed by atoms with van der Waals surface area (Å²) in [6, 6.07) is 24.0. The molecule has 224 valence electrons. The Morgan fingerprint density at radius 3 is 2.07 bits per heavy atom. The van der Waals surface area contributed by atoms with Gasteiger partial charge in [-0.15, -0.1) is 0 Å². The van der Waals surface area contributed by atoms with Gasteiger partial charge in [-0.25, -0.2) is 22.3 Å². The number of halogens is 1. The average molecular weight is 685 g/mol. The lowest BCUT2D eigenvalue weighted by molar-refractivity contribution is -0.125. The maximum Gasteiger partial charge on any atom is 0.259 e. The Labute approximate surface area is 259 Å². The molecule has 1 atom stereocenters. The first kappa shape index (κ1) is 30.8. The number of hydrogen-bond acceptors (Lipinski definition) is 6. The third-order valence-corrected chi connectivity index (χ3v) is 11.7. The second-order valence-electron chi connectivity index (χ2n) is 9.97. The third kappa shape index (κ3) is 6.22. The Morgan fingerprint density at radius 1 is 0.860 bits per heavy atom. The Hall–Kier alpha value is -3.62. The number of benzene rings is 3. The molecule has 2 heterocycles. The molecular formula is C30H30BrN5O5S2. The Bertz CT molecular complexity index is 1880. The molecule has 1 aliphatic rings. The normalized spacial score (nSPS) is 16.9. The molecule has 0 spiro atoms. The predicted octanol–water partition coefficient (Wildman–Crippen LogP) is 4.07. The maximum atomic E-state index is 13.6. The van der Waals surface area contributed by atoms with Gasteiger partial charge in [0.05, 0.1) is 21.7 Å². The van der Waals surface area contributed by atoms with Crippen molar-refractivity contribution >= 4 is 48.1 Å². The number of aromatic nitrogens is 1. The molecule has 3 aromatic carbocycles. The van der Waals surface area contributed by atoms with Gasteiger partial charge in [-0.1, -0.05) is 48.5 Å². The van der Waals surface area contributed by atoms with Crippen molar-refractivity contribution in [1.82, 2.24) is 18.6 Å². The first-order chi connectivity index (χ1) is 20.5. The number of nitrogens with zero attached hydrogens (tertiary/aromatic N) is 4. The summed E-state index contributed by atoms with van der Waals surface area (Å²) in [7, 11) is -8.10. The van der Waals surface area contributed by atoms with Crippen molar-refractivity contribution in [2.45, 2.75) is 29.7 Å². The van der Waals surface area contributed by atoms with Crippen molar-refractivity contribution in [3.8, 4) is 5.69 Å². The summed E-state index contributed by atoms with van der Waals surface area (Å²) in [5.74, 6) is -0.747. The van der Waals surface area contributed by atoms with E-state index in [2.05, 4.69) is 31.0 Å². The summed E-state index contributed by atoms with van der Waals surface area (Å²) in [4.78, 5) is 13.6. The zero-order valence-corrected chi connectivity index (χ0v) is 26.7. The lowest BCUT2D eigenvalue weighted by Crippen LogP contribution is -2.60. The topological polar surface area (TPSA) is 121 Å². The van der Waals surface area contributed by atoms with Crippen molar-refractivity contribution in [2.75, 3.05) is 19.6 Å². The molecule has 0 aliphatic carbocycles. The molecule has 43 heavy (non-hydrogen) atoms. The van der Waals surface area contributed by atoms with Crippen LogP contribution in [0.3, 0.4) is 0 Å². The van der Waals surface area contributed by atoms with Gasteiger partial charge < -0.3 is 4.57 Å². The molecule has 1 N–H and O–H groups in total. The minimum absolute atomic E-state index is 0.00943. The Balaban J connectivity index is 1.42. The first-order valence-corrected chi connectivity index (χ1v) is 17.1. The molecule has 1 aliphatic heterocycles. The van der Waals surface area contributed by atoms with E-state index < -0.39 is 32.0 Å². The van der Waals surface area contributed by atoms with Crippen LogP contribution in [0.1, 0.15) is 17.0 Å². The second-order valence-corrected chi connectivity index (χ2v) is 14.7. The largest absolute Gasteiger partial charge is 0.317 e. The molecular weight excluding hydrogens is 654 g/mol. The number of para-hydroxylation sites is 1. The van der Waals surface area contributed by atoms with Crippen molar-refractivity contribution < 1.29 is 21.6 Å². The number of piperazine rings is 1. The van der Waals surface area contributed by atoms with Gasteiger partial charge in [0.2, 0.25) is 20.0 Å². The molecule has 1 aromatic heterocycles. The molecule has 0 bridgehead atoms. The van der Waals surface area contributed by atoms with Crippen molar-refractivity contribution in [2.24, 2.45) is 5.10 Å². The van der Waals surface area contributed by atoms with E-state index in [1.165, 1.54) is 30.5 Å². The van der Waals surface area contributed by atoms with E-state index in [1.54, 1.807) is 36.4 Å². The van der Waals surface area contributed by atoms with Crippen molar-refractivity contribution in [3.05, 3.63) is 112 Å². The van der Waals surface area contributed by atoms with Crippen molar-refractivity contribution in [1.29, 1.82) is 0 Å². The lowest BCUT2D eigenvalue weighted by Gasteiger charge is -2.38. The minimum atomic E-state index is -4.12. The summed E-state index contributed by atoms with van der Waals surface area (Å²) in [6.07, 6.45) is 1.49. The highest BCUT2D eigenvalue weighted by molar-refractivity contribution is 9.10. The number of carbonyl (C=O) groups excluding carboxylic acids is 1. The fraction of sp³-hybridized carbons (Fsp3) is 0.200. The van der Waals surface area contributed by atoms with Crippen LogP contribution in [-0.2, 0) is 24.8 Å². The molecule has 0 saturated carbocycles. The third-order valence-electron chi connectivity index (χ3n) is 7.27. The van der Waals surface area contributed by atoms with Gasteiger partial charge >= 0.3 is 0 Å². The number of hydrogen-bond donors (Lipinski definition) is 1. The highest BCUT2D eigenvalue weighted by Gasteiger charge is 2.43. The quantitative estimate of drug-likeness (QED) is 0.222. The van der Waals surface area contributed by atoms with Gasteiger partial charge in [0.15, 0.2) is 0 Å². The number of sulfonamides is 2. The number of carbonyl (C=O) groups is 1. The highest BCUT2D eigenvalue weighted by atomic mass is 79.9. The van der Waals surface area contributed by atoms with Crippen LogP contribution in [0.5, 0.6) is 0 Å². The minimum Gasteiger partial charge on any atom is -0.317 e. The SMILES string of the molecule is Cc1cc(/C=N\NC(=O)[C@@H]2CN(S(=O)(=O)c3ccccc3)CCN2S(=O)(=O)c2ccccc2)c(C)n1-c1ccccc1Br. The number of hydrazone groups is 1. The van der Waals surface area contributed by atoms with E-state index >= 15 is 0 Å². The second kappa shape index (κ2) is 12.5. The molecule has 0 radical (unpaired) electrons. The van der Waals surface area contributed by atoms with Crippen LogP contribution in [0.4, 0.5) is 0 Å². The van der Waals surface area contributed by atoms with Crippen LogP contribution in [0.15, 0.2) is 110 Å². The van der Waals surface area contributed by atoms with E-state index in [4.69, 9.17) is 0 Å². The zero-order valence-electron chi connectivity index (χ0n) is 23.5. The molecule has 4 aromatic rings. The Kier molecular flexibility index (Phi) is 8.99. The fourth-order valence-electron chi connectivity index (χ4n) is 5.09. The number of rotatable bonds is 8. The van der Waals surface area contributed by atoms with Gasteiger partial charge in [0, 0.05) is 41.1 Å². The first-order valence-electron chi connectivity index (χ1n) is 13.4. The van der Waals surface area contributed by atoms with Crippen LogP contribution >= 0.6 is 15.9 Å². The maximum absolute atomic E-state index is 13.6.